The Hall–Kier alpha value is -2.83. The third-order valence-electron chi connectivity index (χ3n) is 5.31. The topological polar surface area (TPSA) is 60.7 Å². The van der Waals surface area contributed by atoms with E-state index in [0.717, 1.165) is 42.6 Å². The molecule has 1 unspecified atom stereocenters. The molecule has 0 radical (unpaired) electrons. The van der Waals surface area contributed by atoms with Gasteiger partial charge in [0.25, 0.3) is 0 Å². The molecule has 3 heterocycles. The number of amidine groups is 2. The highest BCUT2D eigenvalue weighted by Crippen LogP contribution is 2.20. The van der Waals surface area contributed by atoms with Crippen molar-refractivity contribution in [1.82, 2.24) is 14.7 Å². The zero-order valence-corrected chi connectivity index (χ0v) is 15.8. The molecule has 1 atom stereocenters. The van der Waals surface area contributed by atoms with E-state index in [9.17, 15) is 4.79 Å². The first-order chi connectivity index (χ1) is 13.2. The number of piperazine rings is 1. The van der Waals surface area contributed by atoms with E-state index in [4.69, 9.17) is 4.74 Å². The minimum Gasteiger partial charge on any atom is -0.496 e. The molecule has 1 amide bonds. The molecule has 27 heavy (non-hydrogen) atoms. The number of methoxy groups -OCH3 is 1. The highest BCUT2D eigenvalue weighted by Gasteiger charge is 2.33. The fourth-order valence-corrected chi connectivity index (χ4v) is 3.75. The maximum Gasteiger partial charge on any atom is 0.227 e. The highest BCUT2D eigenvalue weighted by atomic mass is 16.5. The summed E-state index contributed by atoms with van der Waals surface area (Å²) in [5, 5.41) is 0. The average Bonchev–Trinajstić information content (AvgIpc) is 3.10. The number of hydrogen-bond donors (Lipinski definition) is 0. The second-order valence-corrected chi connectivity index (χ2v) is 7.03. The first-order valence-electron chi connectivity index (χ1n) is 9.39. The number of hydrogen-bond acceptors (Lipinski definition) is 6. The van der Waals surface area contributed by atoms with Crippen LogP contribution in [-0.4, -0.2) is 78.2 Å². The van der Waals surface area contributed by atoms with Gasteiger partial charge in [0, 0.05) is 44.1 Å². The Labute approximate surface area is 159 Å². The van der Waals surface area contributed by atoms with Gasteiger partial charge in [-0.05, 0) is 13.0 Å². The van der Waals surface area contributed by atoms with Gasteiger partial charge in [-0.3, -0.25) is 9.79 Å². The van der Waals surface area contributed by atoms with Crippen molar-refractivity contribution in [2.45, 2.75) is 19.4 Å². The van der Waals surface area contributed by atoms with Crippen LogP contribution in [0.4, 0.5) is 0 Å². The molecule has 3 aliphatic heterocycles. The number of rotatable bonds is 3. The quantitative estimate of drug-likeness (QED) is 0.810. The van der Waals surface area contributed by atoms with Crippen molar-refractivity contribution in [1.29, 1.82) is 0 Å². The van der Waals surface area contributed by atoms with Crippen LogP contribution < -0.4 is 4.74 Å². The molecule has 0 bridgehead atoms. The van der Waals surface area contributed by atoms with Crippen molar-refractivity contribution in [3.8, 4) is 5.75 Å². The second-order valence-electron chi connectivity index (χ2n) is 7.03. The van der Waals surface area contributed by atoms with E-state index in [-0.39, 0.29) is 5.91 Å². The Balaban J connectivity index is 1.37. The Bertz CT molecular complexity index is 808. The number of benzene rings is 1. The summed E-state index contributed by atoms with van der Waals surface area (Å²) < 4.78 is 5.36. The van der Waals surface area contributed by atoms with E-state index in [1.165, 1.54) is 0 Å². The van der Waals surface area contributed by atoms with Crippen LogP contribution in [0.3, 0.4) is 0 Å². The van der Waals surface area contributed by atoms with Gasteiger partial charge in [-0.15, -0.1) is 0 Å². The normalized spacial score (nSPS) is 21.7. The van der Waals surface area contributed by atoms with E-state index in [1.54, 1.807) is 7.11 Å². The molecule has 0 spiro atoms. The van der Waals surface area contributed by atoms with Crippen molar-refractivity contribution in [2.24, 2.45) is 9.98 Å². The average molecular weight is 367 g/mol. The van der Waals surface area contributed by atoms with Crippen LogP contribution >= 0.6 is 0 Å². The first-order valence-corrected chi connectivity index (χ1v) is 9.39. The molecule has 0 saturated carbocycles. The SMILES string of the molecule is COc1ccccc1CC(=O)N1CCN(C2=NC=CN3C2=NCC3C)CC1. The number of carbonyl (C=O) groups excluding carboxylic acids is 1. The molecule has 7 heteroatoms. The van der Waals surface area contributed by atoms with Crippen LogP contribution in [0.5, 0.6) is 5.75 Å². The monoisotopic (exact) mass is 367 g/mol. The first kappa shape index (κ1) is 17.6. The fraction of sp³-hybridized carbons (Fsp3) is 0.450. The summed E-state index contributed by atoms with van der Waals surface area (Å²) >= 11 is 0. The zero-order valence-electron chi connectivity index (χ0n) is 15.8. The Morgan fingerprint density at radius 1 is 1.19 bits per heavy atom. The van der Waals surface area contributed by atoms with E-state index in [1.807, 2.05) is 41.6 Å². The lowest BCUT2D eigenvalue weighted by Crippen LogP contribution is -2.54. The van der Waals surface area contributed by atoms with Gasteiger partial charge in [-0.25, -0.2) is 4.99 Å². The number of fused-ring (bicyclic) bond motifs is 1. The maximum absolute atomic E-state index is 12.7. The minimum absolute atomic E-state index is 0.137. The molecule has 1 aromatic rings. The largest absolute Gasteiger partial charge is 0.496 e. The molecule has 0 aromatic heterocycles. The Morgan fingerprint density at radius 3 is 2.74 bits per heavy atom. The molecule has 0 aliphatic carbocycles. The van der Waals surface area contributed by atoms with E-state index in [2.05, 4.69) is 26.7 Å². The van der Waals surface area contributed by atoms with Gasteiger partial charge in [-0.1, -0.05) is 18.2 Å². The van der Waals surface area contributed by atoms with Gasteiger partial charge in [0.15, 0.2) is 11.7 Å². The van der Waals surface area contributed by atoms with Crippen molar-refractivity contribution in [3.05, 3.63) is 42.2 Å². The molecular formula is C20H25N5O2. The van der Waals surface area contributed by atoms with Gasteiger partial charge in [0.1, 0.15) is 5.75 Å². The predicted molar refractivity (Wildman–Crippen MR) is 105 cm³/mol. The minimum atomic E-state index is 0.137. The number of ether oxygens (including phenoxy) is 1. The number of nitrogens with zero attached hydrogens (tertiary/aromatic N) is 5. The number of aliphatic imine (C=N–C) groups is 2. The lowest BCUT2D eigenvalue weighted by atomic mass is 10.1. The summed E-state index contributed by atoms with van der Waals surface area (Å²) in [7, 11) is 1.64. The van der Waals surface area contributed by atoms with Crippen LogP contribution in [-0.2, 0) is 11.2 Å². The molecule has 1 saturated heterocycles. The molecule has 3 aliphatic rings. The lowest BCUT2D eigenvalue weighted by Gasteiger charge is -2.38. The molecule has 142 valence electrons. The van der Waals surface area contributed by atoms with Gasteiger partial charge >= 0.3 is 0 Å². The van der Waals surface area contributed by atoms with Gasteiger partial charge < -0.3 is 19.4 Å². The Morgan fingerprint density at radius 2 is 1.96 bits per heavy atom. The fourth-order valence-electron chi connectivity index (χ4n) is 3.75. The van der Waals surface area contributed by atoms with E-state index >= 15 is 0 Å². The highest BCUT2D eigenvalue weighted by molar-refractivity contribution is 6.41. The van der Waals surface area contributed by atoms with E-state index in [0.29, 0.717) is 25.6 Å². The summed E-state index contributed by atoms with van der Waals surface area (Å²) in [5.41, 5.74) is 0.930. The maximum atomic E-state index is 12.7. The van der Waals surface area contributed by atoms with Crippen LogP contribution in [0.25, 0.3) is 0 Å². The smallest absolute Gasteiger partial charge is 0.227 e. The van der Waals surface area contributed by atoms with Crippen LogP contribution in [0.1, 0.15) is 12.5 Å². The summed E-state index contributed by atoms with van der Waals surface area (Å²) in [5.74, 6) is 2.79. The van der Waals surface area contributed by atoms with Gasteiger partial charge in [0.05, 0.1) is 26.1 Å². The van der Waals surface area contributed by atoms with Crippen molar-refractivity contribution < 1.29 is 9.53 Å². The molecule has 4 rings (SSSR count). The molecule has 0 N–H and O–H groups in total. The van der Waals surface area contributed by atoms with Crippen molar-refractivity contribution in [2.75, 3.05) is 39.8 Å². The summed E-state index contributed by atoms with van der Waals surface area (Å²) in [6.07, 6.45) is 4.20. The van der Waals surface area contributed by atoms with Crippen LogP contribution in [0.2, 0.25) is 0 Å². The van der Waals surface area contributed by atoms with Crippen LogP contribution in [0, 0.1) is 0 Å². The molecule has 7 nitrogen and oxygen atoms in total. The van der Waals surface area contributed by atoms with Crippen molar-refractivity contribution in [3.63, 3.8) is 0 Å². The number of amides is 1. The summed E-state index contributed by atoms with van der Waals surface area (Å²) in [6.45, 7) is 5.89. The Kier molecular flexibility index (Phi) is 4.83. The third kappa shape index (κ3) is 3.41. The molecule has 1 aromatic carbocycles. The van der Waals surface area contributed by atoms with Gasteiger partial charge in [-0.2, -0.15) is 0 Å². The van der Waals surface area contributed by atoms with E-state index < -0.39 is 0 Å². The van der Waals surface area contributed by atoms with Gasteiger partial charge in [0.2, 0.25) is 5.91 Å². The predicted octanol–water partition coefficient (Wildman–Crippen LogP) is 1.37. The number of carbonyl (C=O) groups is 1. The van der Waals surface area contributed by atoms with Crippen LogP contribution in [0.15, 0.2) is 46.7 Å². The summed E-state index contributed by atoms with van der Waals surface area (Å²) in [6, 6.07) is 8.08. The second kappa shape index (κ2) is 7.42. The third-order valence-corrected chi connectivity index (χ3v) is 5.31. The molecule has 1 fully saturated rings. The molecular weight excluding hydrogens is 342 g/mol. The summed E-state index contributed by atoms with van der Waals surface area (Å²) in [4.78, 5) is 28.3. The van der Waals surface area contributed by atoms with Crippen molar-refractivity contribution >= 4 is 17.6 Å². The zero-order chi connectivity index (χ0) is 18.8. The standard InChI is InChI=1S/C20H25N5O2/c1-15-14-22-20-19(21-7-8-25(15)20)24-11-9-23(10-12-24)18(26)13-16-5-3-4-6-17(16)27-2/h3-8,15H,9-14H2,1-2H3. The number of para-hydroxylation sites is 1. The lowest BCUT2D eigenvalue weighted by molar-refractivity contribution is -0.131.